The van der Waals surface area contributed by atoms with Crippen molar-refractivity contribution in [3.63, 3.8) is 0 Å². The second-order valence-corrected chi connectivity index (χ2v) is 4.41. The number of nitrogens with two attached hydrogens (primary N) is 1. The first-order valence-corrected chi connectivity index (χ1v) is 6.11. The van der Waals surface area contributed by atoms with Crippen LogP contribution >= 0.6 is 12.2 Å². The van der Waals surface area contributed by atoms with Gasteiger partial charge in [-0.15, -0.1) is 0 Å². The van der Waals surface area contributed by atoms with Crippen molar-refractivity contribution in [3.8, 4) is 0 Å². The number of rotatable bonds is 3. The molecular weight excluding hydrogens is 234 g/mol. The van der Waals surface area contributed by atoms with E-state index in [1.807, 2.05) is 18.2 Å². The van der Waals surface area contributed by atoms with Crippen LogP contribution in [0.4, 0.5) is 0 Å². The van der Waals surface area contributed by atoms with Crippen molar-refractivity contribution in [2.45, 2.75) is 6.17 Å². The van der Waals surface area contributed by atoms with Gasteiger partial charge >= 0.3 is 0 Å². The topological polar surface area (TPSA) is 50.5 Å². The molecule has 1 saturated heterocycles. The van der Waals surface area contributed by atoms with Gasteiger partial charge in [-0.1, -0.05) is 30.3 Å². The molecule has 1 aliphatic rings. The fourth-order valence-corrected chi connectivity index (χ4v) is 2.10. The van der Waals surface area contributed by atoms with Gasteiger partial charge in [0.1, 0.15) is 6.17 Å². The van der Waals surface area contributed by atoms with Crippen molar-refractivity contribution in [1.29, 1.82) is 0 Å². The molecule has 3 N–H and O–H groups in total. The summed E-state index contributed by atoms with van der Waals surface area (Å²) in [7, 11) is 0. The monoisotopic (exact) mass is 251 g/mol. The third-order valence-electron chi connectivity index (χ3n) is 2.81. The van der Waals surface area contributed by atoms with Crippen LogP contribution in [0.2, 0.25) is 0 Å². The lowest BCUT2D eigenvalue weighted by molar-refractivity contribution is 0.0128. The van der Waals surface area contributed by atoms with Gasteiger partial charge in [-0.25, -0.2) is 0 Å². The van der Waals surface area contributed by atoms with E-state index in [0.29, 0.717) is 5.11 Å². The summed E-state index contributed by atoms with van der Waals surface area (Å²) in [4.78, 5) is 2.29. The maximum Gasteiger partial charge on any atom is 0.165 e. The molecule has 1 aromatic rings. The van der Waals surface area contributed by atoms with E-state index in [9.17, 15) is 0 Å². The molecule has 0 spiro atoms. The van der Waals surface area contributed by atoms with Gasteiger partial charge in [0.25, 0.3) is 0 Å². The fraction of sp³-hybridized carbons (Fsp3) is 0.417. The summed E-state index contributed by atoms with van der Waals surface area (Å²) in [6, 6.07) is 10.2. The SMILES string of the molecule is NC(=S)NC(c1ccccc1)N1CCOCC1. The first-order valence-electron chi connectivity index (χ1n) is 5.70. The predicted octanol–water partition coefficient (Wildman–Crippen LogP) is 0.851. The van der Waals surface area contributed by atoms with Crippen LogP contribution in [0.25, 0.3) is 0 Å². The number of morpholine rings is 1. The minimum absolute atomic E-state index is 0.0394. The Morgan fingerprint density at radius 1 is 1.29 bits per heavy atom. The highest BCUT2D eigenvalue weighted by Crippen LogP contribution is 2.18. The number of nitrogens with one attached hydrogen (secondary N) is 1. The number of benzene rings is 1. The van der Waals surface area contributed by atoms with Gasteiger partial charge in [0.15, 0.2) is 5.11 Å². The Kier molecular flexibility index (Phi) is 4.30. The zero-order valence-corrected chi connectivity index (χ0v) is 10.5. The zero-order valence-electron chi connectivity index (χ0n) is 9.63. The van der Waals surface area contributed by atoms with Crippen molar-refractivity contribution < 1.29 is 4.74 Å². The highest BCUT2D eigenvalue weighted by atomic mass is 32.1. The molecule has 5 heteroatoms. The number of thiocarbonyl (C=S) groups is 1. The highest BCUT2D eigenvalue weighted by molar-refractivity contribution is 7.80. The molecule has 1 unspecified atom stereocenters. The van der Waals surface area contributed by atoms with E-state index in [4.69, 9.17) is 22.7 Å². The van der Waals surface area contributed by atoms with Crippen LogP contribution in [0.15, 0.2) is 30.3 Å². The van der Waals surface area contributed by atoms with E-state index in [1.165, 1.54) is 5.56 Å². The minimum atomic E-state index is 0.0394. The molecule has 0 radical (unpaired) electrons. The van der Waals surface area contributed by atoms with Gasteiger partial charge < -0.3 is 15.8 Å². The summed E-state index contributed by atoms with van der Waals surface area (Å²) < 4.78 is 5.36. The fourth-order valence-electron chi connectivity index (χ4n) is 1.99. The number of nitrogens with zero attached hydrogens (tertiary/aromatic N) is 1. The van der Waals surface area contributed by atoms with E-state index in [0.717, 1.165) is 26.3 Å². The summed E-state index contributed by atoms with van der Waals surface area (Å²) >= 11 is 4.95. The lowest BCUT2D eigenvalue weighted by atomic mass is 10.1. The third-order valence-corrected chi connectivity index (χ3v) is 2.92. The summed E-state index contributed by atoms with van der Waals surface area (Å²) in [5.74, 6) is 0. The largest absolute Gasteiger partial charge is 0.379 e. The average molecular weight is 251 g/mol. The van der Waals surface area contributed by atoms with Gasteiger partial charge in [-0.3, -0.25) is 4.90 Å². The van der Waals surface area contributed by atoms with Gasteiger partial charge in [0.05, 0.1) is 13.2 Å². The number of ether oxygens (including phenoxy) is 1. The molecule has 92 valence electrons. The van der Waals surface area contributed by atoms with Crippen molar-refractivity contribution in [3.05, 3.63) is 35.9 Å². The molecule has 17 heavy (non-hydrogen) atoms. The van der Waals surface area contributed by atoms with Crippen LogP contribution in [0.5, 0.6) is 0 Å². The van der Waals surface area contributed by atoms with Crippen molar-refractivity contribution in [1.82, 2.24) is 10.2 Å². The molecule has 0 saturated carbocycles. The van der Waals surface area contributed by atoms with E-state index in [1.54, 1.807) is 0 Å². The van der Waals surface area contributed by atoms with E-state index >= 15 is 0 Å². The van der Waals surface area contributed by atoms with Crippen LogP contribution in [-0.2, 0) is 4.74 Å². The highest BCUT2D eigenvalue weighted by Gasteiger charge is 2.22. The Bertz CT molecular complexity index is 365. The standard InChI is InChI=1S/C12H17N3OS/c13-12(17)14-11(10-4-2-1-3-5-10)15-6-8-16-9-7-15/h1-5,11H,6-9H2,(H3,13,14,17). The van der Waals surface area contributed by atoms with Crippen LogP contribution in [-0.4, -0.2) is 36.3 Å². The Morgan fingerprint density at radius 3 is 2.53 bits per heavy atom. The predicted molar refractivity (Wildman–Crippen MR) is 71.5 cm³/mol. The normalized spacial score (nSPS) is 18.6. The molecule has 0 amide bonds. The second kappa shape index (κ2) is 5.95. The Morgan fingerprint density at radius 2 is 1.94 bits per heavy atom. The molecule has 1 aromatic carbocycles. The summed E-state index contributed by atoms with van der Waals surface area (Å²) in [6.45, 7) is 3.27. The average Bonchev–Trinajstić information content (AvgIpc) is 2.38. The van der Waals surface area contributed by atoms with E-state index in [2.05, 4.69) is 22.3 Å². The summed E-state index contributed by atoms with van der Waals surface area (Å²) in [5, 5.41) is 3.47. The van der Waals surface area contributed by atoms with E-state index in [-0.39, 0.29) is 6.17 Å². The molecule has 0 aromatic heterocycles. The van der Waals surface area contributed by atoms with Crippen molar-refractivity contribution in [2.24, 2.45) is 5.73 Å². The molecular formula is C12H17N3OS. The number of hydrogen-bond acceptors (Lipinski definition) is 3. The smallest absolute Gasteiger partial charge is 0.165 e. The molecule has 0 aliphatic carbocycles. The van der Waals surface area contributed by atoms with E-state index < -0.39 is 0 Å². The molecule has 1 atom stereocenters. The maximum atomic E-state index is 5.60. The third kappa shape index (κ3) is 3.39. The molecule has 1 aliphatic heterocycles. The first-order chi connectivity index (χ1) is 8.27. The number of hydrogen-bond donors (Lipinski definition) is 2. The van der Waals surface area contributed by atoms with Crippen LogP contribution in [0, 0.1) is 0 Å². The maximum absolute atomic E-state index is 5.60. The van der Waals surface area contributed by atoms with Gasteiger partial charge in [0.2, 0.25) is 0 Å². The summed E-state index contributed by atoms with van der Waals surface area (Å²) in [6.07, 6.45) is 0.0394. The molecule has 2 rings (SSSR count). The molecule has 4 nitrogen and oxygen atoms in total. The van der Waals surface area contributed by atoms with Crippen molar-refractivity contribution in [2.75, 3.05) is 26.3 Å². The Labute approximate surface area is 107 Å². The molecule has 1 fully saturated rings. The van der Waals surface area contributed by atoms with Crippen molar-refractivity contribution >= 4 is 17.3 Å². The Balaban J connectivity index is 2.15. The second-order valence-electron chi connectivity index (χ2n) is 3.97. The minimum Gasteiger partial charge on any atom is -0.379 e. The molecule has 1 heterocycles. The Hall–Kier alpha value is -1.17. The zero-order chi connectivity index (χ0) is 12.1. The lowest BCUT2D eigenvalue weighted by Crippen LogP contribution is -2.47. The first kappa shape index (κ1) is 12.3. The lowest BCUT2D eigenvalue weighted by Gasteiger charge is -2.35. The quantitative estimate of drug-likeness (QED) is 0.780. The van der Waals surface area contributed by atoms with Gasteiger partial charge in [-0.05, 0) is 17.8 Å². The van der Waals surface area contributed by atoms with Crippen LogP contribution in [0.3, 0.4) is 0 Å². The summed E-state index contributed by atoms with van der Waals surface area (Å²) in [5.41, 5.74) is 6.77. The van der Waals surface area contributed by atoms with Crippen LogP contribution < -0.4 is 11.1 Å². The van der Waals surface area contributed by atoms with Gasteiger partial charge in [0, 0.05) is 13.1 Å². The molecule has 0 bridgehead atoms. The van der Waals surface area contributed by atoms with Gasteiger partial charge in [-0.2, -0.15) is 0 Å². The van der Waals surface area contributed by atoms with Crippen LogP contribution in [0.1, 0.15) is 11.7 Å².